The van der Waals surface area contributed by atoms with Gasteiger partial charge in [0.25, 0.3) is 5.69 Å². The fourth-order valence-corrected chi connectivity index (χ4v) is 2.31. The molecule has 0 bridgehead atoms. The number of non-ortho nitro benzene ring substituents is 1. The Morgan fingerprint density at radius 1 is 1.29 bits per heavy atom. The molecule has 5 heteroatoms. The lowest BCUT2D eigenvalue weighted by molar-refractivity contribution is -0.384. The normalized spacial score (nSPS) is 18.9. The molecule has 0 saturated carbocycles. The molecule has 0 unspecified atom stereocenters. The first kappa shape index (κ1) is 12.0. The van der Waals surface area contributed by atoms with Gasteiger partial charge in [-0.3, -0.25) is 10.1 Å². The van der Waals surface area contributed by atoms with E-state index in [1.54, 1.807) is 12.1 Å². The molecule has 17 heavy (non-hydrogen) atoms. The van der Waals surface area contributed by atoms with Crippen LogP contribution >= 0.6 is 0 Å². The van der Waals surface area contributed by atoms with E-state index in [0.717, 1.165) is 31.6 Å². The van der Waals surface area contributed by atoms with Crippen LogP contribution in [0.2, 0.25) is 0 Å². The van der Waals surface area contributed by atoms with E-state index >= 15 is 0 Å². The Morgan fingerprint density at radius 3 is 2.35 bits per heavy atom. The van der Waals surface area contributed by atoms with Crippen molar-refractivity contribution < 1.29 is 9.66 Å². The first-order valence-corrected chi connectivity index (χ1v) is 5.69. The monoisotopic (exact) mass is 236 g/mol. The van der Waals surface area contributed by atoms with Crippen molar-refractivity contribution in [2.24, 2.45) is 0 Å². The van der Waals surface area contributed by atoms with E-state index in [0.29, 0.717) is 0 Å². The van der Waals surface area contributed by atoms with Crippen molar-refractivity contribution in [2.75, 3.05) is 20.3 Å². The zero-order valence-electron chi connectivity index (χ0n) is 9.81. The standard InChI is InChI=1S/C12H16N2O3/c1-13-12(6-8-17-9-7-12)10-2-4-11(5-3-10)14(15)16/h2-5,13H,6-9H2,1H3. The molecule has 1 aliphatic rings. The number of hydrogen-bond acceptors (Lipinski definition) is 4. The largest absolute Gasteiger partial charge is 0.381 e. The van der Waals surface area contributed by atoms with Gasteiger partial charge in [-0.25, -0.2) is 0 Å². The van der Waals surface area contributed by atoms with Gasteiger partial charge in [0, 0.05) is 30.9 Å². The molecule has 1 N–H and O–H groups in total. The van der Waals surface area contributed by atoms with E-state index in [2.05, 4.69) is 5.32 Å². The number of nitro benzene ring substituents is 1. The van der Waals surface area contributed by atoms with Crippen LogP contribution in [0.25, 0.3) is 0 Å². The lowest BCUT2D eigenvalue weighted by Crippen LogP contribution is -2.44. The summed E-state index contributed by atoms with van der Waals surface area (Å²) in [4.78, 5) is 10.2. The maximum Gasteiger partial charge on any atom is 0.269 e. The van der Waals surface area contributed by atoms with Crippen molar-refractivity contribution in [1.82, 2.24) is 5.32 Å². The SMILES string of the molecule is CNC1(c2ccc([N+](=O)[O-])cc2)CCOCC1. The molecule has 92 valence electrons. The zero-order valence-corrected chi connectivity index (χ0v) is 9.81. The quantitative estimate of drug-likeness (QED) is 0.642. The Hall–Kier alpha value is -1.46. The van der Waals surface area contributed by atoms with Gasteiger partial charge in [-0.15, -0.1) is 0 Å². The van der Waals surface area contributed by atoms with Gasteiger partial charge >= 0.3 is 0 Å². The Kier molecular flexibility index (Phi) is 3.40. The van der Waals surface area contributed by atoms with Crippen molar-refractivity contribution in [3.05, 3.63) is 39.9 Å². The molecule has 0 aliphatic carbocycles. The minimum absolute atomic E-state index is 0.104. The van der Waals surface area contributed by atoms with Gasteiger partial charge in [-0.1, -0.05) is 12.1 Å². The average molecular weight is 236 g/mol. The maximum absolute atomic E-state index is 10.6. The highest BCUT2D eigenvalue weighted by atomic mass is 16.6. The number of rotatable bonds is 3. The summed E-state index contributed by atoms with van der Waals surface area (Å²) in [6, 6.07) is 6.79. The van der Waals surface area contributed by atoms with Gasteiger partial charge in [0.1, 0.15) is 0 Å². The van der Waals surface area contributed by atoms with Crippen LogP contribution in [0.5, 0.6) is 0 Å². The van der Waals surface area contributed by atoms with E-state index in [4.69, 9.17) is 4.74 Å². The number of benzene rings is 1. The minimum Gasteiger partial charge on any atom is -0.381 e. The number of nitrogens with one attached hydrogen (secondary N) is 1. The smallest absolute Gasteiger partial charge is 0.269 e. The maximum atomic E-state index is 10.6. The zero-order chi connectivity index (χ0) is 12.3. The molecule has 0 amide bonds. The summed E-state index contributed by atoms with van der Waals surface area (Å²) in [7, 11) is 1.92. The molecule has 1 saturated heterocycles. The van der Waals surface area contributed by atoms with Gasteiger partial charge in [0.15, 0.2) is 0 Å². The fraction of sp³-hybridized carbons (Fsp3) is 0.500. The van der Waals surface area contributed by atoms with E-state index in [1.165, 1.54) is 0 Å². The van der Waals surface area contributed by atoms with E-state index in [-0.39, 0.29) is 16.1 Å². The molecule has 2 rings (SSSR count). The van der Waals surface area contributed by atoms with Crippen LogP contribution in [0.3, 0.4) is 0 Å². The predicted molar refractivity (Wildman–Crippen MR) is 63.9 cm³/mol. The fourth-order valence-electron chi connectivity index (χ4n) is 2.31. The van der Waals surface area contributed by atoms with Gasteiger partial charge < -0.3 is 10.1 Å². The molecule has 0 aromatic heterocycles. The Balaban J connectivity index is 2.27. The summed E-state index contributed by atoms with van der Waals surface area (Å²) < 4.78 is 5.36. The first-order chi connectivity index (χ1) is 8.18. The van der Waals surface area contributed by atoms with Gasteiger partial charge in [-0.2, -0.15) is 0 Å². The lowest BCUT2D eigenvalue weighted by atomic mass is 9.83. The molecule has 1 aliphatic heterocycles. The van der Waals surface area contributed by atoms with Crippen molar-refractivity contribution in [3.63, 3.8) is 0 Å². The minimum atomic E-state index is -0.375. The van der Waals surface area contributed by atoms with Gasteiger partial charge in [0.2, 0.25) is 0 Å². The molecular weight excluding hydrogens is 220 g/mol. The molecule has 1 fully saturated rings. The van der Waals surface area contributed by atoms with Gasteiger partial charge in [0.05, 0.1) is 4.92 Å². The van der Waals surface area contributed by atoms with E-state index in [1.807, 2.05) is 19.2 Å². The highest BCUT2D eigenvalue weighted by molar-refractivity contribution is 5.36. The van der Waals surface area contributed by atoms with Crippen LogP contribution in [0.1, 0.15) is 18.4 Å². The Bertz CT molecular complexity index is 397. The summed E-state index contributed by atoms with van der Waals surface area (Å²) in [6.07, 6.45) is 1.78. The Morgan fingerprint density at radius 2 is 1.88 bits per heavy atom. The molecule has 0 spiro atoms. The summed E-state index contributed by atoms with van der Waals surface area (Å²) in [5.41, 5.74) is 1.12. The molecule has 1 aromatic carbocycles. The summed E-state index contributed by atoms with van der Waals surface area (Å²) in [5.74, 6) is 0. The lowest BCUT2D eigenvalue weighted by Gasteiger charge is -2.37. The highest BCUT2D eigenvalue weighted by Crippen LogP contribution is 2.32. The van der Waals surface area contributed by atoms with Crippen molar-refractivity contribution >= 4 is 5.69 Å². The van der Waals surface area contributed by atoms with Crippen molar-refractivity contribution in [1.29, 1.82) is 0 Å². The van der Waals surface area contributed by atoms with Crippen molar-refractivity contribution in [3.8, 4) is 0 Å². The third kappa shape index (κ3) is 2.30. The summed E-state index contributed by atoms with van der Waals surface area (Å²) >= 11 is 0. The predicted octanol–water partition coefficient (Wildman–Crippen LogP) is 1.82. The second-order valence-corrected chi connectivity index (χ2v) is 4.25. The average Bonchev–Trinajstić information content (AvgIpc) is 2.39. The second kappa shape index (κ2) is 4.81. The molecule has 1 heterocycles. The molecule has 0 radical (unpaired) electrons. The topological polar surface area (TPSA) is 64.4 Å². The van der Waals surface area contributed by atoms with Crippen LogP contribution in [0.15, 0.2) is 24.3 Å². The van der Waals surface area contributed by atoms with E-state index < -0.39 is 0 Å². The third-order valence-corrected chi connectivity index (χ3v) is 3.46. The van der Waals surface area contributed by atoms with E-state index in [9.17, 15) is 10.1 Å². The first-order valence-electron chi connectivity index (χ1n) is 5.69. The van der Waals surface area contributed by atoms with Crippen molar-refractivity contribution in [2.45, 2.75) is 18.4 Å². The van der Waals surface area contributed by atoms with Crippen LogP contribution in [-0.4, -0.2) is 25.2 Å². The second-order valence-electron chi connectivity index (χ2n) is 4.25. The molecule has 0 atom stereocenters. The van der Waals surface area contributed by atoms with Crippen LogP contribution < -0.4 is 5.32 Å². The molecular formula is C12H16N2O3. The number of nitro groups is 1. The van der Waals surface area contributed by atoms with Crippen LogP contribution in [0, 0.1) is 10.1 Å². The van der Waals surface area contributed by atoms with Gasteiger partial charge in [-0.05, 0) is 25.5 Å². The third-order valence-electron chi connectivity index (χ3n) is 3.46. The molecule has 5 nitrogen and oxygen atoms in total. The summed E-state index contributed by atoms with van der Waals surface area (Å²) in [5, 5.41) is 13.9. The van der Waals surface area contributed by atoms with Crippen LogP contribution in [0.4, 0.5) is 5.69 Å². The number of hydrogen-bond donors (Lipinski definition) is 1. The van der Waals surface area contributed by atoms with Crippen LogP contribution in [-0.2, 0) is 10.3 Å². The number of nitrogens with zero attached hydrogens (tertiary/aromatic N) is 1. The summed E-state index contributed by atoms with van der Waals surface area (Å²) in [6.45, 7) is 1.44. The number of ether oxygens (including phenoxy) is 1. The molecule has 1 aromatic rings. The Labute approximate surface area is 99.9 Å². The highest BCUT2D eigenvalue weighted by Gasteiger charge is 2.32.